The number of halogens is 1. The lowest BCUT2D eigenvalue weighted by molar-refractivity contribution is -0.117. The van der Waals surface area contributed by atoms with Gasteiger partial charge in [0.15, 0.2) is 0 Å². The van der Waals surface area contributed by atoms with E-state index in [-0.39, 0.29) is 11.8 Å². The van der Waals surface area contributed by atoms with Crippen molar-refractivity contribution in [2.75, 3.05) is 11.9 Å². The van der Waals surface area contributed by atoms with Gasteiger partial charge in [0.05, 0.1) is 0 Å². The predicted octanol–water partition coefficient (Wildman–Crippen LogP) is 2.96. The molecule has 1 unspecified atom stereocenters. The molecule has 1 atom stereocenters. The Morgan fingerprint density at radius 1 is 1.53 bits per heavy atom. The summed E-state index contributed by atoms with van der Waals surface area (Å²) >= 11 is 5.89. The molecule has 0 aliphatic heterocycles. The lowest BCUT2D eigenvalue weighted by Gasteiger charge is -2.13. The van der Waals surface area contributed by atoms with E-state index in [1.54, 1.807) is 12.1 Å². The number of carbonyl (C=O) groups excluding carboxylic acids is 1. The van der Waals surface area contributed by atoms with Crippen LogP contribution in [0.4, 0.5) is 5.69 Å². The molecule has 1 amide bonds. The van der Waals surface area contributed by atoms with Crippen molar-refractivity contribution in [1.82, 2.24) is 0 Å². The van der Waals surface area contributed by atoms with E-state index in [0.29, 0.717) is 18.0 Å². The number of hydrogen-bond acceptors (Lipinski definition) is 2. The molecular formula is C13H19ClN2O. The monoisotopic (exact) mass is 254 g/mol. The topological polar surface area (TPSA) is 55.1 Å². The Labute approximate surface area is 107 Å². The second-order valence-corrected chi connectivity index (χ2v) is 4.66. The first-order valence-corrected chi connectivity index (χ1v) is 6.20. The van der Waals surface area contributed by atoms with Crippen LogP contribution in [0.25, 0.3) is 0 Å². The molecule has 1 aromatic rings. The van der Waals surface area contributed by atoms with Gasteiger partial charge in [0.1, 0.15) is 0 Å². The first kappa shape index (κ1) is 14.0. The SMILES string of the molecule is CCC(CN)CC(=O)Nc1cc(Cl)ccc1C. The van der Waals surface area contributed by atoms with Gasteiger partial charge in [-0.1, -0.05) is 31.0 Å². The lowest BCUT2D eigenvalue weighted by atomic mass is 10.0. The van der Waals surface area contributed by atoms with Crippen LogP contribution in [0.5, 0.6) is 0 Å². The minimum absolute atomic E-state index is 0.00679. The molecule has 0 aliphatic carbocycles. The fourth-order valence-corrected chi connectivity index (χ4v) is 1.76. The van der Waals surface area contributed by atoms with Crippen LogP contribution in [0, 0.1) is 12.8 Å². The lowest BCUT2D eigenvalue weighted by Crippen LogP contribution is -2.22. The van der Waals surface area contributed by atoms with Gasteiger partial charge in [-0.25, -0.2) is 0 Å². The van der Waals surface area contributed by atoms with Crippen molar-refractivity contribution in [2.24, 2.45) is 11.7 Å². The molecule has 3 N–H and O–H groups in total. The number of hydrogen-bond donors (Lipinski definition) is 2. The molecule has 94 valence electrons. The van der Waals surface area contributed by atoms with Crippen LogP contribution in [0.2, 0.25) is 5.02 Å². The Morgan fingerprint density at radius 2 is 2.24 bits per heavy atom. The maximum absolute atomic E-state index is 11.8. The van der Waals surface area contributed by atoms with Crippen LogP contribution < -0.4 is 11.1 Å². The van der Waals surface area contributed by atoms with Gasteiger partial charge in [0.25, 0.3) is 0 Å². The van der Waals surface area contributed by atoms with Crippen molar-refractivity contribution >= 4 is 23.2 Å². The number of nitrogens with two attached hydrogens (primary N) is 1. The molecule has 0 aliphatic rings. The summed E-state index contributed by atoms with van der Waals surface area (Å²) in [6.07, 6.45) is 1.37. The zero-order valence-electron chi connectivity index (χ0n) is 10.3. The van der Waals surface area contributed by atoms with Gasteiger partial charge in [-0.15, -0.1) is 0 Å². The second-order valence-electron chi connectivity index (χ2n) is 4.22. The van der Waals surface area contributed by atoms with Crippen LogP contribution in [0.1, 0.15) is 25.3 Å². The van der Waals surface area contributed by atoms with E-state index in [2.05, 4.69) is 5.32 Å². The summed E-state index contributed by atoms with van der Waals surface area (Å²) in [5.74, 6) is 0.238. The normalized spacial score (nSPS) is 12.2. The number of anilines is 1. The maximum Gasteiger partial charge on any atom is 0.224 e. The van der Waals surface area contributed by atoms with Crippen molar-refractivity contribution in [3.05, 3.63) is 28.8 Å². The molecule has 0 fully saturated rings. The van der Waals surface area contributed by atoms with Gasteiger partial charge in [0.2, 0.25) is 5.91 Å². The summed E-state index contributed by atoms with van der Waals surface area (Å²) in [6, 6.07) is 5.46. The molecule has 0 radical (unpaired) electrons. The third-order valence-electron chi connectivity index (χ3n) is 2.86. The average molecular weight is 255 g/mol. The fraction of sp³-hybridized carbons (Fsp3) is 0.462. The van der Waals surface area contributed by atoms with Gasteiger partial charge in [-0.3, -0.25) is 4.79 Å². The number of aryl methyl sites for hydroxylation is 1. The molecule has 0 saturated carbocycles. The van der Waals surface area contributed by atoms with Crippen LogP contribution in [-0.2, 0) is 4.79 Å². The Bertz CT molecular complexity index is 389. The van der Waals surface area contributed by atoms with E-state index >= 15 is 0 Å². The fourth-order valence-electron chi connectivity index (χ4n) is 1.59. The molecule has 0 bridgehead atoms. The van der Waals surface area contributed by atoms with Gasteiger partial charge in [-0.05, 0) is 37.1 Å². The summed E-state index contributed by atoms with van der Waals surface area (Å²) in [4.78, 5) is 11.8. The molecule has 0 aromatic heterocycles. The number of amides is 1. The van der Waals surface area contributed by atoms with Crippen LogP contribution in [0.3, 0.4) is 0 Å². The summed E-state index contributed by atoms with van der Waals surface area (Å²) in [5.41, 5.74) is 7.35. The largest absolute Gasteiger partial charge is 0.330 e. The smallest absolute Gasteiger partial charge is 0.224 e. The highest BCUT2D eigenvalue weighted by molar-refractivity contribution is 6.31. The molecule has 0 spiro atoms. The second kappa shape index (κ2) is 6.62. The van der Waals surface area contributed by atoms with E-state index < -0.39 is 0 Å². The third kappa shape index (κ3) is 4.36. The standard InChI is InChI=1S/C13H19ClN2O/c1-3-10(8-15)6-13(17)16-12-7-11(14)5-4-9(12)2/h4-5,7,10H,3,6,8,15H2,1-2H3,(H,16,17). The number of carbonyl (C=O) groups is 1. The third-order valence-corrected chi connectivity index (χ3v) is 3.09. The summed E-state index contributed by atoms with van der Waals surface area (Å²) in [5, 5.41) is 3.49. The van der Waals surface area contributed by atoms with Gasteiger partial charge in [0, 0.05) is 17.1 Å². The summed E-state index contributed by atoms with van der Waals surface area (Å²) < 4.78 is 0. The molecule has 17 heavy (non-hydrogen) atoms. The van der Waals surface area contributed by atoms with Crippen molar-refractivity contribution in [3.8, 4) is 0 Å². The van der Waals surface area contributed by atoms with Gasteiger partial charge < -0.3 is 11.1 Å². The predicted molar refractivity (Wildman–Crippen MR) is 72.3 cm³/mol. The Kier molecular flexibility index (Phi) is 5.45. The van der Waals surface area contributed by atoms with Crippen molar-refractivity contribution in [1.29, 1.82) is 0 Å². The molecule has 4 heteroatoms. The quantitative estimate of drug-likeness (QED) is 0.849. The Balaban J connectivity index is 2.64. The summed E-state index contributed by atoms with van der Waals surface area (Å²) in [7, 11) is 0. The molecule has 3 nitrogen and oxygen atoms in total. The van der Waals surface area contributed by atoms with E-state index in [9.17, 15) is 4.79 Å². The minimum Gasteiger partial charge on any atom is -0.330 e. The Hall–Kier alpha value is -1.06. The average Bonchev–Trinajstić information content (AvgIpc) is 2.31. The number of benzene rings is 1. The maximum atomic E-state index is 11.8. The van der Waals surface area contributed by atoms with E-state index in [1.165, 1.54) is 0 Å². The number of nitrogens with one attached hydrogen (secondary N) is 1. The molecule has 1 aromatic carbocycles. The highest BCUT2D eigenvalue weighted by atomic mass is 35.5. The first-order valence-electron chi connectivity index (χ1n) is 5.82. The van der Waals surface area contributed by atoms with Crippen LogP contribution in [0.15, 0.2) is 18.2 Å². The van der Waals surface area contributed by atoms with E-state index in [4.69, 9.17) is 17.3 Å². The van der Waals surface area contributed by atoms with Crippen molar-refractivity contribution < 1.29 is 4.79 Å². The highest BCUT2D eigenvalue weighted by Gasteiger charge is 2.11. The highest BCUT2D eigenvalue weighted by Crippen LogP contribution is 2.20. The van der Waals surface area contributed by atoms with E-state index in [0.717, 1.165) is 17.7 Å². The van der Waals surface area contributed by atoms with Crippen LogP contribution in [-0.4, -0.2) is 12.5 Å². The zero-order chi connectivity index (χ0) is 12.8. The van der Waals surface area contributed by atoms with Crippen molar-refractivity contribution in [3.63, 3.8) is 0 Å². The minimum atomic E-state index is -0.00679. The molecule has 0 saturated heterocycles. The van der Waals surface area contributed by atoms with Gasteiger partial charge >= 0.3 is 0 Å². The van der Waals surface area contributed by atoms with Crippen molar-refractivity contribution in [2.45, 2.75) is 26.7 Å². The Morgan fingerprint density at radius 3 is 2.82 bits per heavy atom. The first-order chi connectivity index (χ1) is 8.06. The molecule has 0 heterocycles. The molecular weight excluding hydrogens is 236 g/mol. The van der Waals surface area contributed by atoms with Crippen LogP contribution >= 0.6 is 11.6 Å². The van der Waals surface area contributed by atoms with E-state index in [1.807, 2.05) is 19.9 Å². The van der Waals surface area contributed by atoms with Gasteiger partial charge in [-0.2, -0.15) is 0 Å². The summed E-state index contributed by atoms with van der Waals surface area (Å²) in [6.45, 7) is 4.51. The molecule has 1 rings (SSSR count). The number of rotatable bonds is 5. The zero-order valence-corrected chi connectivity index (χ0v) is 11.1.